The van der Waals surface area contributed by atoms with Crippen molar-refractivity contribution < 1.29 is 17.6 Å². The summed E-state index contributed by atoms with van der Waals surface area (Å²) in [5, 5.41) is 2.84. The van der Waals surface area contributed by atoms with E-state index in [4.69, 9.17) is 23.1 Å². The number of amides is 1. The molecule has 1 aromatic heterocycles. The number of halogens is 2. The molecule has 0 aliphatic heterocycles. The standard InChI is InChI=1S/C19H22ClFN6O3S/c20-19-24-8-14(21)18(27-19)26-16-13-5-9(15(16)17(23)28)4-10(13)7-25-31(29,30)12-3-1-2-11(22)6-12/h1-3,6,8-10,13,15-16,25H,4-5,7,22H2,(H2,23,28)(H,24,26,27)/t9-,10+,13-,15+,16-/m1/s1. The molecule has 1 heterocycles. The lowest BCUT2D eigenvalue weighted by Gasteiger charge is -2.35. The zero-order valence-corrected chi connectivity index (χ0v) is 17.9. The molecule has 0 spiro atoms. The molecule has 4 rings (SSSR count). The van der Waals surface area contributed by atoms with Crippen molar-refractivity contribution in [2.75, 3.05) is 17.6 Å². The van der Waals surface area contributed by atoms with Crippen molar-refractivity contribution in [3.8, 4) is 0 Å². The number of carbonyl (C=O) groups excluding carboxylic acids is 1. The second-order valence-corrected chi connectivity index (χ2v) is 10.1. The third-order valence-electron chi connectivity index (χ3n) is 6.19. The highest BCUT2D eigenvalue weighted by Crippen LogP contribution is 2.52. The van der Waals surface area contributed by atoms with E-state index in [9.17, 15) is 17.6 Å². The minimum absolute atomic E-state index is 0.0257. The number of anilines is 2. The number of hydrogen-bond acceptors (Lipinski definition) is 7. The van der Waals surface area contributed by atoms with Gasteiger partial charge < -0.3 is 16.8 Å². The summed E-state index contributed by atoms with van der Waals surface area (Å²) in [6.45, 7) is 0.176. The number of sulfonamides is 1. The number of nitrogen functional groups attached to an aromatic ring is 1. The van der Waals surface area contributed by atoms with E-state index < -0.39 is 33.7 Å². The number of hydrogen-bond donors (Lipinski definition) is 4. The van der Waals surface area contributed by atoms with E-state index in [1.807, 2.05) is 0 Å². The lowest BCUT2D eigenvalue weighted by molar-refractivity contribution is -0.123. The van der Waals surface area contributed by atoms with Gasteiger partial charge in [0, 0.05) is 18.3 Å². The van der Waals surface area contributed by atoms with E-state index >= 15 is 0 Å². The van der Waals surface area contributed by atoms with Gasteiger partial charge in [-0.3, -0.25) is 4.79 Å². The lowest BCUT2D eigenvalue weighted by atomic mass is 9.78. The highest BCUT2D eigenvalue weighted by molar-refractivity contribution is 7.89. The Morgan fingerprint density at radius 3 is 2.81 bits per heavy atom. The predicted molar refractivity (Wildman–Crippen MR) is 113 cm³/mol. The molecule has 9 nitrogen and oxygen atoms in total. The normalized spacial score (nSPS) is 27.4. The Morgan fingerprint density at radius 1 is 1.32 bits per heavy atom. The molecule has 6 N–H and O–H groups in total. The largest absolute Gasteiger partial charge is 0.399 e. The van der Waals surface area contributed by atoms with Gasteiger partial charge in [-0.2, -0.15) is 4.98 Å². The fourth-order valence-corrected chi connectivity index (χ4v) is 6.20. The van der Waals surface area contributed by atoms with Crippen molar-refractivity contribution in [3.05, 3.63) is 41.6 Å². The van der Waals surface area contributed by atoms with Crippen LogP contribution in [0.1, 0.15) is 12.8 Å². The van der Waals surface area contributed by atoms with Crippen LogP contribution in [-0.4, -0.2) is 36.9 Å². The Balaban J connectivity index is 1.51. The molecule has 1 amide bonds. The van der Waals surface area contributed by atoms with Gasteiger partial charge >= 0.3 is 0 Å². The fourth-order valence-electron chi connectivity index (χ4n) is 4.92. The molecule has 1 aromatic carbocycles. The third kappa shape index (κ3) is 4.30. The van der Waals surface area contributed by atoms with Crippen LogP contribution in [0.25, 0.3) is 0 Å². The maximum atomic E-state index is 14.2. The van der Waals surface area contributed by atoms with Crippen LogP contribution in [0.2, 0.25) is 5.28 Å². The Bertz CT molecular complexity index is 1120. The van der Waals surface area contributed by atoms with Crippen LogP contribution < -0.4 is 21.5 Å². The minimum atomic E-state index is -3.75. The molecule has 31 heavy (non-hydrogen) atoms. The summed E-state index contributed by atoms with van der Waals surface area (Å²) in [7, 11) is -3.75. The van der Waals surface area contributed by atoms with Crippen molar-refractivity contribution in [2.24, 2.45) is 29.4 Å². The molecular weight excluding hydrogens is 447 g/mol. The van der Waals surface area contributed by atoms with Crippen LogP contribution in [0.5, 0.6) is 0 Å². The average molecular weight is 469 g/mol. The molecular formula is C19H22ClFN6O3S. The van der Waals surface area contributed by atoms with Gasteiger partial charge in [0.15, 0.2) is 11.6 Å². The maximum Gasteiger partial charge on any atom is 0.240 e. The second kappa shape index (κ2) is 8.21. The predicted octanol–water partition coefficient (Wildman–Crippen LogP) is 1.37. The number of fused-ring (bicyclic) bond motifs is 2. The molecule has 2 aliphatic rings. The summed E-state index contributed by atoms with van der Waals surface area (Å²) in [6, 6.07) is 5.54. The van der Waals surface area contributed by atoms with E-state index in [0.717, 1.165) is 6.20 Å². The SMILES string of the molecule is NC(=O)[C@H]1[C@@H]2C[C@@H](CNS(=O)(=O)c3cccc(N)c3)[C@@H](C2)[C@H]1Nc1nc(Cl)ncc1F. The number of nitrogens with one attached hydrogen (secondary N) is 2. The molecule has 0 unspecified atom stereocenters. The summed E-state index contributed by atoms with van der Waals surface area (Å²) in [4.78, 5) is 19.6. The first-order chi connectivity index (χ1) is 14.7. The molecule has 2 aromatic rings. The van der Waals surface area contributed by atoms with E-state index in [2.05, 4.69) is 20.0 Å². The monoisotopic (exact) mass is 468 g/mol. The molecule has 2 fully saturated rings. The number of aromatic nitrogens is 2. The fraction of sp³-hybridized carbons (Fsp3) is 0.421. The molecule has 166 valence electrons. The van der Waals surface area contributed by atoms with Gasteiger partial charge in [-0.1, -0.05) is 6.07 Å². The first kappa shape index (κ1) is 21.7. The number of primary amides is 1. The van der Waals surface area contributed by atoms with E-state index in [1.165, 1.54) is 12.1 Å². The van der Waals surface area contributed by atoms with E-state index in [1.54, 1.807) is 12.1 Å². The number of benzene rings is 1. The van der Waals surface area contributed by atoms with Crippen molar-refractivity contribution in [1.82, 2.24) is 14.7 Å². The second-order valence-electron chi connectivity index (χ2n) is 8.01. The van der Waals surface area contributed by atoms with E-state index in [0.29, 0.717) is 18.5 Å². The zero-order valence-electron chi connectivity index (χ0n) is 16.3. The van der Waals surface area contributed by atoms with Gasteiger partial charge in [0.2, 0.25) is 21.2 Å². The topological polar surface area (TPSA) is 153 Å². The van der Waals surface area contributed by atoms with E-state index in [-0.39, 0.29) is 40.3 Å². The minimum Gasteiger partial charge on any atom is -0.399 e. The van der Waals surface area contributed by atoms with Gasteiger partial charge in [-0.25, -0.2) is 22.5 Å². The molecule has 0 saturated heterocycles. The molecule has 2 aliphatic carbocycles. The van der Waals surface area contributed by atoms with Gasteiger partial charge in [0.05, 0.1) is 17.0 Å². The third-order valence-corrected chi connectivity index (χ3v) is 7.80. The summed E-state index contributed by atoms with van der Waals surface area (Å²) >= 11 is 5.77. The Hall–Kier alpha value is -2.50. The van der Waals surface area contributed by atoms with Crippen LogP contribution in [0.15, 0.2) is 35.4 Å². The molecule has 0 radical (unpaired) electrons. The molecule has 2 bridgehead atoms. The van der Waals surface area contributed by atoms with Crippen LogP contribution >= 0.6 is 11.6 Å². The molecule has 2 saturated carbocycles. The van der Waals surface area contributed by atoms with Crippen molar-refractivity contribution in [2.45, 2.75) is 23.8 Å². The van der Waals surface area contributed by atoms with Crippen molar-refractivity contribution in [3.63, 3.8) is 0 Å². The zero-order chi connectivity index (χ0) is 22.3. The molecule has 12 heteroatoms. The van der Waals surface area contributed by atoms with Crippen LogP contribution in [-0.2, 0) is 14.8 Å². The Labute approximate surface area is 183 Å². The van der Waals surface area contributed by atoms with Crippen LogP contribution in [0, 0.1) is 29.5 Å². The van der Waals surface area contributed by atoms with Crippen LogP contribution in [0.4, 0.5) is 15.9 Å². The maximum absolute atomic E-state index is 14.2. The number of carbonyl (C=O) groups is 1. The Kier molecular flexibility index (Phi) is 5.75. The molecule has 5 atom stereocenters. The quantitative estimate of drug-likeness (QED) is 0.353. The Morgan fingerprint density at radius 2 is 2.10 bits per heavy atom. The van der Waals surface area contributed by atoms with Crippen molar-refractivity contribution >= 4 is 39.0 Å². The van der Waals surface area contributed by atoms with Gasteiger partial charge in [0.25, 0.3) is 0 Å². The summed E-state index contributed by atoms with van der Waals surface area (Å²) < 4.78 is 42.1. The number of rotatable bonds is 7. The smallest absolute Gasteiger partial charge is 0.240 e. The first-order valence-electron chi connectivity index (χ1n) is 9.75. The van der Waals surface area contributed by atoms with Crippen LogP contribution in [0.3, 0.4) is 0 Å². The lowest BCUT2D eigenvalue weighted by Crippen LogP contribution is -2.47. The van der Waals surface area contributed by atoms with Gasteiger partial charge in [0.1, 0.15) is 0 Å². The van der Waals surface area contributed by atoms with Gasteiger partial charge in [-0.15, -0.1) is 0 Å². The summed E-state index contributed by atoms with van der Waals surface area (Å²) in [6.07, 6.45) is 2.26. The number of nitrogens with two attached hydrogens (primary N) is 2. The average Bonchev–Trinajstić information content (AvgIpc) is 3.27. The summed E-state index contributed by atoms with van der Waals surface area (Å²) in [5.74, 6) is -1.99. The number of nitrogens with zero attached hydrogens (tertiary/aromatic N) is 2. The first-order valence-corrected chi connectivity index (χ1v) is 11.6. The summed E-state index contributed by atoms with van der Waals surface area (Å²) in [5.41, 5.74) is 11.7. The highest BCUT2D eigenvalue weighted by Gasteiger charge is 2.55. The highest BCUT2D eigenvalue weighted by atomic mass is 35.5. The van der Waals surface area contributed by atoms with Crippen molar-refractivity contribution in [1.29, 1.82) is 0 Å². The van der Waals surface area contributed by atoms with Gasteiger partial charge in [-0.05, 0) is 60.4 Å².